The van der Waals surface area contributed by atoms with Gasteiger partial charge >= 0.3 is 5.97 Å². The Balaban J connectivity index is 0.782. The minimum atomic E-state index is -2.15. The fraction of sp³-hybridized carbons (Fsp3) is 0.957. The van der Waals surface area contributed by atoms with E-state index in [-0.39, 0.29) is 25.7 Å². The average molecular weight is 1550 g/mol. The molecular weight excluding hydrogens is 1430 g/mol. The number of allylic oxidation sites excluding steroid dienone is 2. The van der Waals surface area contributed by atoms with Gasteiger partial charge in [-0.3, -0.25) is 4.79 Å². The van der Waals surface area contributed by atoms with Gasteiger partial charge in [-0.2, -0.15) is 0 Å². The third kappa shape index (κ3) is 14.5. The van der Waals surface area contributed by atoms with Gasteiger partial charge in [0.2, 0.25) is 6.29 Å². The Morgan fingerprint density at radius 2 is 0.963 bits per heavy atom. The molecule has 11 fully saturated rings. The smallest absolute Gasteiger partial charge is 0.317 e. The van der Waals surface area contributed by atoms with Crippen LogP contribution in [0.15, 0.2) is 11.6 Å². The maximum atomic E-state index is 15.8. The minimum absolute atomic E-state index is 0.0478. The molecule has 22 N–H and O–H groups in total. The summed E-state index contributed by atoms with van der Waals surface area (Å²) in [6.07, 6.45) is -60.3. The van der Waals surface area contributed by atoms with E-state index in [2.05, 4.69) is 6.08 Å². The number of carbonyl (C=O) groups is 1. The van der Waals surface area contributed by atoms with Gasteiger partial charge < -0.3 is 179 Å². The quantitative estimate of drug-likeness (QED) is 0.0365. The Labute approximate surface area is 616 Å². The average Bonchev–Trinajstić information content (AvgIpc) is 0.665. The third-order valence-electron chi connectivity index (χ3n) is 26.8. The molecule has 7 saturated heterocycles. The second-order valence-corrected chi connectivity index (χ2v) is 34.1. The highest BCUT2D eigenvalue weighted by Crippen LogP contribution is 2.76. The van der Waals surface area contributed by atoms with Crippen molar-refractivity contribution in [3.05, 3.63) is 11.6 Å². The molecule has 616 valence electrons. The van der Waals surface area contributed by atoms with Crippen LogP contribution in [-0.4, -0.2) is 378 Å². The first-order chi connectivity index (χ1) is 50.0. The molecule has 0 bridgehead atoms. The first kappa shape index (κ1) is 84.2. The van der Waals surface area contributed by atoms with Gasteiger partial charge in [0.15, 0.2) is 43.8 Å². The van der Waals surface area contributed by atoms with E-state index in [4.69, 9.17) is 66.3 Å². The fourth-order valence-corrected chi connectivity index (χ4v) is 20.6. The largest absolute Gasteiger partial charge is 0.432 e. The van der Waals surface area contributed by atoms with Gasteiger partial charge in [0.1, 0.15) is 140 Å². The predicted octanol–water partition coefficient (Wildman–Crippen LogP) is -8.32. The minimum Gasteiger partial charge on any atom is -0.432 e. The summed E-state index contributed by atoms with van der Waals surface area (Å²) in [4.78, 5) is 15.8. The highest BCUT2D eigenvalue weighted by Gasteiger charge is 2.75. The molecule has 0 aromatic heterocycles. The van der Waals surface area contributed by atoms with Crippen molar-refractivity contribution in [2.45, 2.75) is 334 Å². The molecule has 37 nitrogen and oxygen atoms in total. The molecule has 0 aromatic carbocycles. The van der Waals surface area contributed by atoms with Crippen molar-refractivity contribution in [1.82, 2.24) is 0 Å². The molecule has 0 amide bonds. The lowest BCUT2D eigenvalue weighted by molar-refractivity contribution is -0.395. The van der Waals surface area contributed by atoms with Crippen LogP contribution in [-0.2, 0) is 71.1 Å². The van der Waals surface area contributed by atoms with E-state index in [0.717, 1.165) is 5.57 Å². The molecule has 0 spiro atoms. The first-order valence-corrected chi connectivity index (χ1v) is 37.2. The van der Waals surface area contributed by atoms with Crippen LogP contribution >= 0.6 is 0 Å². The standard InChI is InChI=1S/C70H114O37/c1-23-36(78)41(83)46(88)59(97-23)103-52-31(76)20-94-58(49(52)91)102-51-25(3)99-62(50(92)53(51)104-60-47(89)42(84)37(79)24(2)98-60)105-54-38(80)30(75)19-95-63(54)107-64(93)70-13-12-65(4,5)14-27(70)26-10-11-34-66(6)15-29(74)56(67(7,22-72)55(66)28(73)16-69(34,9)68(26,8)17-35(70)77)106-61-48(90)44(86)40(82)33(101-61)21-96-57-45(87)43(85)39(81)32(18-71)100-57/h10,23-25,27-63,71-92H,11-22H2,1-9H3. The number of aliphatic hydroxyl groups excluding tert-OH is 22. The van der Waals surface area contributed by atoms with Crippen molar-refractivity contribution in [2.24, 2.45) is 50.2 Å². The molecular formula is C70H114O37. The van der Waals surface area contributed by atoms with Crippen LogP contribution in [0.25, 0.3) is 0 Å². The van der Waals surface area contributed by atoms with Crippen molar-refractivity contribution >= 4 is 5.97 Å². The maximum absolute atomic E-state index is 15.8. The molecule has 12 aliphatic rings. The van der Waals surface area contributed by atoms with Crippen molar-refractivity contribution in [3.8, 4) is 0 Å². The summed E-state index contributed by atoms with van der Waals surface area (Å²) in [5, 5.41) is 248. The molecule has 0 radical (unpaired) electrons. The number of ether oxygens (including phenoxy) is 14. The number of rotatable bonds is 17. The highest BCUT2D eigenvalue weighted by atomic mass is 16.8. The van der Waals surface area contributed by atoms with E-state index < -0.39 is 316 Å². The Morgan fingerprint density at radius 1 is 0.458 bits per heavy atom. The van der Waals surface area contributed by atoms with Crippen LogP contribution in [0.1, 0.15) is 107 Å². The van der Waals surface area contributed by atoms with Crippen molar-refractivity contribution in [3.63, 3.8) is 0 Å². The first-order valence-electron chi connectivity index (χ1n) is 37.2. The number of hydrogen-bond donors (Lipinski definition) is 22. The molecule has 5 aliphatic carbocycles. The lowest BCUT2D eigenvalue weighted by Crippen LogP contribution is -2.73. The SMILES string of the molecule is CC1OC(OC2C(O)COC(OC3C(C)OC(OC4C(OC(=O)C56CCC(C)(C)CC5C5=CCC7C8(C)CC(O)C(OC9OC(COC%10OC(CO)C(O)C(O)C%10O)C(O)C(O)C9O)C(C)(CO)C8C(O)CC7(C)C5(C)CC6O)OCC(O)C4O)C(O)C3OC3OC(C)C(O)C(O)C3O)C2O)C(O)C(O)C1O. The van der Waals surface area contributed by atoms with Gasteiger partial charge in [-0.05, 0) is 99.2 Å². The van der Waals surface area contributed by atoms with E-state index in [9.17, 15) is 112 Å². The number of esters is 1. The van der Waals surface area contributed by atoms with E-state index in [1.807, 2.05) is 34.6 Å². The molecule has 45 atom stereocenters. The molecule has 12 rings (SSSR count). The Hall–Kier alpha value is -2.19. The van der Waals surface area contributed by atoms with Crippen molar-refractivity contribution in [2.75, 3.05) is 33.0 Å². The Kier molecular flexibility index (Phi) is 24.7. The topological polar surface area (TPSA) is 591 Å². The zero-order valence-corrected chi connectivity index (χ0v) is 61.1. The van der Waals surface area contributed by atoms with E-state index >= 15 is 4.79 Å². The number of aliphatic hydroxyl groups is 22. The van der Waals surface area contributed by atoms with Gasteiger partial charge in [-0.1, -0.05) is 53.2 Å². The monoisotopic (exact) mass is 1550 g/mol. The molecule has 7 aliphatic heterocycles. The van der Waals surface area contributed by atoms with E-state index in [1.54, 1.807) is 6.92 Å². The molecule has 107 heavy (non-hydrogen) atoms. The predicted molar refractivity (Wildman–Crippen MR) is 350 cm³/mol. The normalized spacial score (nSPS) is 56.5. The van der Waals surface area contributed by atoms with Crippen molar-refractivity contribution in [1.29, 1.82) is 0 Å². The fourth-order valence-electron chi connectivity index (χ4n) is 20.6. The number of fused-ring (bicyclic) bond motifs is 7. The number of hydrogen-bond acceptors (Lipinski definition) is 37. The third-order valence-corrected chi connectivity index (χ3v) is 26.8. The summed E-state index contributed by atoms with van der Waals surface area (Å²) in [6.45, 7) is 12.3. The summed E-state index contributed by atoms with van der Waals surface area (Å²) in [5.74, 6) is -3.06. The van der Waals surface area contributed by atoms with Gasteiger partial charge in [0.25, 0.3) is 0 Å². The van der Waals surface area contributed by atoms with E-state index in [0.29, 0.717) is 19.3 Å². The van der Waals surface area contributed by atoms with Crippen LogP contribution in [0, 0.1) is 50.2 Å². The second kappa shape index (κ2) is 31.4. The Bertz CT molecular complexity index is 3070. The zero-order chi connectivity index (χ0) is 78.3. The van der Waals surface area contributed by atoms with Crippen LogP contribution in [0.2, 0.25) is 0 Å². The molecule has 4 saturated carbocycles. The van der Waals surface area contributed by atoms with Crippen LogP contribution in [0.5, 0.6) is 0 Å². The summed E-state index contributed by atoms with van der Waals surface area (Å²) < 4.78 is 83.7. The van der Waals surface area contributed by atoms with Gasteiger partial charge in [0.05, 0.1) is 75.8 Å². The molecule has 7 heterocycles. The lowest BCUT2D eigenvalue weighted by atomic mass is 9.32. The summed E-state index contributed by atoms with van der Waals surface area (Å²) in [6, 6.07) is 0. The van der Waals surface area contributed by atoms with E-state index in [1.165, 1.54) is 20.8 Å². The molecule has 45 unspecified atom stereocenters. The Morgan fingerprint density at radius 3 is 1.57 bits per heavy atom. The summed E-state index contributed by atoms with van der Waals surface area (Å²) >= 11 is 0. The lowest BCUT2D eigenvalue weighted by Gasteiger charge is -2.73. The molecule has 0 aromatic rings. The van der Waals surface area contributed by atoms with Crippen LogP contribution in [0.4, 0.5) is 0 Å². The highest BCUT2D eigenvalue weighted by molar-refractivity contribution is 5.80. The second-order valence-electron chi connectivity index (χ2n) is 34.1. The summed E-state index contributed by atoms with van der Waals surface area (Å²) in [7, 11) is 0. The summed E-state index contributed by atoms with van der Waals surface area (Å²) in [5.41, 5.74) is -6.01. The molecule has 37 heteroatoms. The van der Waals surface area contributed by atoms with Gasteiger partial charge in [0, 0.05) is 11.3 Å². The van der Waals surface area contributed by atoms with Crippen LogP contribution in [0.3, 0.4) is 0 Å². The maximum Gasteiger partial charge on any atom is 0.317 e. The number of carbonyl (C=O) groups excluding carboxylic acids is 1. The van der Waals surface area contributed by atoms with Gasteiger partial charge in [-0.15, -0.1) is 0 Å². The van der Waals surface area contributed by atoms with Crippen molar-refractivity contribution < 1.29 is 183 Å². The zero-order valence-electron chi connectivity index (χ0n) is 61.1. The van der Waals surface area contributed by atoms with Crippen LogP contribution < -0.4 is 0 Å². The van der Waals surface area contributed by atoms with Gasteiger partial charge in [-0.25, -0.2) is 0 Å².